The van der Waals surface area contributed by atoms with Gasteiger partial charge in [0.1, 0.15) is 0 Å². The molecule has 3 nitrogen and oxygen atoms in total. The maximum Gasteiger partial charge on any atom is 0.358 e. The van der Waals surface area contributed by atoms with Crippen molar-refractivity contribution in [1.29, 1.82) is 0 Å². The summed E-state index contributed by atoms with van der Waals surface area (Å²) < 4.78 is 0. The summed E-state index contributed by atoms with van der Waals surface area (Å²) in [7, 11) is 0. The predicted molar refractivity (Wildman–Crippen MR) is 99.8 cm³/mol. The largest absolute Gasteiger partial charge is 0.358 e. The van der Waals surface area contributed by atoms with Crippen LogP contribution in [0.15, 0.2) is 41.6 Å². The molecule has 24 heavy (non-hydrogen) atoms. The number of nitrogens with zero attached hydrogens (tertiary/aromatic N) is 1. The van der Waals surface area contributed by atoms with Crippen molar-refractivity contribution in [2.45, 2.75) is 70.6 Å². The molecule has 0 bridgehead atoms. The summed E-state index contributed by atoms with van der Waals surface area (Å²) in [5.74, 6) is -0.405. The van der Waals surface area contributed by atoms with Gasteiger partial charge in [-0.2, -0.15) is 0 Å². The van der Waals surface area contributed by atoms with Crippen LogP contribution in [0.25, 0.3) is 6.08 Å². The van der Waals surface area contributed by atoms with E-state index in [9.17, 15) is 4.79 Å². The molecule has 0 amide bonds. The van der Waals surface area contributed by atoms with Crippen LogP contribution in [-0.2, 0) is 9.63 Å². The van der Waals surface area contributed by atoms with Crippen molar-refractivity contribution in [3.05, 3.63) is 42.0 Å². The smallest absolute Gasteiger partial charge is 0.314 e. The summed E-state index contributed by atoms with van der Waals surface area (Å²) in [5, 5.41) is 4.14. The van der Waals surface area contributed by atoms with Gasteiger partial charge in [0.25, 0.3) is 0 Å². The molecular formula is C21H29NO2. The Balaban J connectivity index is 1.82. The monoisotopic (exact) mass is 327 g/mol. The first-order valence-electron chi connectivity index (χ1n) is 9.34. The molecule has 0 aromatic heterocycles. The van der Waals surface area contributed by atoms with E-state index in [2.05, 4.69) is 5.16 Å². The van der Waals surface area contributed by atoms with Crippen LogP contribution in [-0.4, -0.2) is 11.7 Å². The van der Waals surface area contributed by atoms with Crippen LogP contribution in [0, 0.1) is 0 Å². The van der Waals surface area contributed by atoms with Gasteiger partial charge >= 0.3 is 5.97 Å². The first-order chi connectivity index (χ1) is 11.8. The van der Waals surface area contributed by atoms with Crippen molar-refractivity contribution in [1.82, 2.24) is 0 Å². The minimum Gasteiger partial charge on any atom is -0.314 e. The molecule has 0 atom stereocenters. The standard InChI is InChI=1S/C21H29NO2/c23-21(18-17-19-13-9-8-10-14-19)24-22-20-15-11-6-4-2-1-3-5-7-12-16-20/h8-10,13-14,17-18H,1-7,11-12,15-16H2/b18-17-. The second kappa shape index (κ2) is 11.6. The number of rotatable bonds is 3. The molecule has 0 aliphatic heterocycles. The summed E-state index contributed by atoms with van der Waals surface area (Å²) in [4.78, 5) is 16.9. The fourth-order valence-corrected chi connectivity index (χ4v) is 2.98. The Morgan fingerprint density at radius 3 is 1.96 bits per heavy atom. The Bertz CT molecular complexity index is 520. The van der Waals surface area contributed by atoms with Crippen LogP contribution < -0.4 is 0 Å². The average molecular weight is 327 g/mol. The molecule has 130 valence electrons. The second-order valence-corrected chi connectivity index (χ2v) is 6.49. The van der Waals surface area contributed by atoms with Crippen LogP contribution in [0.3, 0.4) is 0 Å². The highest BCUT2D eigenvalue weighted by molar-refractivity contribution is 5.89. The molecule has 3 heteroatoms. The number of carbonyl (C=O) groups is 1. The Morgan fingerprint density at radius 1 is 0.833 bits per heavy atom. The topological polar surface area (TPSA) is 38.7 Å². The lowest BCUT2D eigenvalue weighted by molar-refractivity contribution is -0.137. The summed E-state index contributed by atoms with van der Waals surface area (Å²) in [5.41, 5.74) is 2.02. The molecule has 0 radical (unpaired) electrons. The quantitative estimate of drug-likeness (QED) is 0.393. The van der Waals surface area contributed by atoms with E-state index in [1.807, 2.05) is 30.3 Å². The zero-order valence-corrected chi connectivity index (χ0v) is 14.6. The van der Waals surface area contributed by atoms with Gasteiger partial charge in [0.05, 0.1) is 5.71 Å². The third-order valence-electron chi connectivity index (χ3n) is 4.41. The van der Waals surface area contributed by atoms with Crippen LogP contribution in [0.2, 0.25) is 0 Å². The van der Waals surface area contributed by atoms with Crippen molar-refractivity contribution in [3.63, 3.8) is 0 Å². The number of oxime groups is 1. The van der Waals surface area contributed by atoms with Crippen LogP contribution in [0.5, 0.6) is 0 Å². The highest BCUT2D eigenvalue weighted by atomic mass is 16.7. The molecule has 1 aromatic carbocycles. The number of carbonyl (C=O) groups excluding carboxylic acids is 1. The highest BCUT2D eigenvalue weighted by Gasteiger charge is 2.05. The van der Waals surface area contributed by atoms with Gasteiger partial charge in [-0.15, -0.1) is 0 Å². The first-order valence-corrected chi connectivity index (χ1v) is 9.34. The Kier molecular flexibility index (Phi) is 8.92. The Morgan fingerprint density at radius 2 is 1.38 bits per heavy atom. The molecule has 1 aromatic rings. The number of hydrogen-bond donors (Lipinski definition) is 0. The van der Waals surface area contributed by atoms with Gasteiger partial charge in [0.2, 0.25) is 0 Å². The first kappa shape index (κ1) is 18.4. The lowest BCUT2D eigenvalue weighted by Gasteiger charge is -2.08. The van der Waals surface area contributed by atoms with Gasteiger partial charge in [0.15, 0.2) is 0 Å². The normalized spacial score (nSPS) is 17.8. The zero-order valence-electron chi connectivity index (χ0n) is 14.6. The van der Waals surface area contributed by atoms with Gasteiger partial charge in [-0.25, -0.2) is 4.79 Å². The molecule has 1 fully saturated rings. The van der Waals surface area contributed by atoms with Crippen LogP contribution >= 0.6 is 0 Å². The van der Waals surface area contributed by atoms with E-state index in [1.54, 1.807) is 6.08 Å². The predicted octanol–water partition coefficient (Wildman–Crippen LogP) is 5.90. The van der Waals surface area contributed by atoms with Crippen LogP contribution in [0.1, 0.15) is 76.2 Å². The minimum absolute atomic E-state index is 0.405. The maximum atomic E-state index is 11.8. The lowest BCUT2D eigenvalue weighted by Crippen LogP contribution is -2.04. The fourth-order valence-electron chi connectivity index (χ4n) is 2.98. The Labute approximate surface area is 145 Å². The van der Waals surface area contributed by atoms with Crippen LogP contribution in [0.4, 0.5) is 0 Å². The van der Waals surface area contributed by atoms with E-state index >= 15 is 0 Å². The molecule has 2 rings (SSSR count). The van der Waals surface area contributed by atoms with Gasteiger partial charge < -0.3 is 4.84 Å². The minimum atomic E-state index is -0.405. The van der Waals surface area contributed by atoms with Gasteiger partial charge in [-0.3, -0.25) is 0 Å². The van der Waals surface area contributed by atoms with Gasteiger partial charge in [-0.1, -0.05) is 80.4 Å². The van der Waals surface area contributed by atoms with E-state index < -0.39 is 5.97 Å². The van der Waals surface area contributed by atoms with Crippen molar-refractivity contribution < 1.29 is 9.63 Å². The van der Waals surface area contributed by atoms with E-state index in [-0.39, 0.29) is 0 Å². The maximum absolute atomic E-state index is 11.8. The van der Waals surface area contributed by atoms with Crippen molar-refractivity contribution in [2.75, 3.05) is 0 Å². The SMILES string of the molecule is O=C(/C=C\c1ccccc1)ON=C1CCCCCCCCCCC1. The van der Waals surface area contributed by atoms with Gasteiger partial charge in [0, 0.05) is 6.08 Å². The molecule has 1 aliphatic carbocycles. The van der Waals surface area contributed by atoms with Gasteiger partial charge in [-0.05, 0) is 37.3 Å². The van der Waals surface area contributed by atoms with Crippen molar-refractivity contribution in [2.24, 2.45) is 5.16 Å². The summed E-state index contributed by atoms with van der Waals surface area (Å²) in [6, 6.07) is 9.72. The molecule has 0 saturated heterocycles. The molecule has 0 N–H and O–H groups in total. The van der Waals surface area contributed by atoms with Crippen molar-refractivity contribution in [3.8, 4) is 0 Å². The third-order valence-corrected chi connectivity index (χ3v) is 4.41. The van der Waals surface area contributed by atoms with E-state index in [0.717, 1.165) is 37.0 Å². The second-order valence-electron chi connectivity index (χ2n) is 6.49. The molecule has 1 saturated carbocycles. The Hall–Kier alpha value is -1.90. The van der Waals surface area contributed by atoms with E-state index in [0.29, 0.717) is 0 Å². The molecule has 0 heterocycles. The number of hydrogen-bond acceptors (Lipinski definition) is 3. The zero-order chi connectivity index (χ0) is 16.9. The number of benzene rings is 1. The summed E-state index contributed by atoms with van der Waals surface area (Å²) >= 11 is 0. The molecular weight excluding hydrogens is 298 g/mol. The fraction of sp³-hybridized carbons (Fsp3) is 0.524. The molecule has 1 aliphatic rings. The van der Waals surface area contributed by atoms with Crippen molar-refractivity contribution >= 4 is 17.8 Å². The van der Waals surface area contributed by atoms with E-state index in [4.69, 9.17) is 4.84 Å². The third kappa shape index (κ3) is 8.09. The average Bonchev–Trinajstić information content (AvgIpc) is 2.60. The van der Waals surface area contributed by atoms with E-state index in [1.165, 1.54) is 51.0 Å². The summed E-state index contributed by atoms with van der Waals surface area (Å²) in [6.45, 7) is 0. The highest BCUT2D eigenvalue weighted by Crippen LogP contribution is 2.15. The molecule has 0 spiro atoms. The lowest BCUT2D eigenvalue weighted by atomic mass is 10.00. The molecule has 0 unspecified atom stereocenters. The summed E-state index contributed by atoms with van der Waals surface area (Å²) in [6.07, 6.45) is 16.6.